The molecule has 0 unspecified atom stereocenters. The summed E-state index contributed by atoms with van der Waals surface area (Å²) in [6.45, 7) is 19.3. The van der Waals surface area contributed by atoms with E-state index < -0.39 is 0 Å². The van der Waals surface area contributed by atoms with Crippen molar-refractivity contribution >= 4 is 77.2 Å². The van der Waals surface area contributed by atoms with Crippen molar-refractivity contribution < 1.29 is 0 Å². The standard InChI is InChI=1S/C72H62N2/c1-9-71(10-2)53-29-15-13-23-43(53)51-39-59-65(41-57(51)71)73(63-33-19-17-31-55(63)69(59,5)6)61-37-35-47-46-26-22-28-50-62(38-36-48(68(46)50)45-25-21-27-49(61)67(45)47)74-64-34-20-18-32-56(64)70(7,8)60-40-52-44-24-14-16-30-54(44)72(11-3,12-4)58(52)42-66(60)74/h13-42H,9-12H2,1-8H3. The lowest BCUT2D eigenvalue weighted by Crippen LogP contribution is -2.31. The highest BCUT2D eigenvalue weighted by molar-refractivity contribution is 6.35. The second-order valence-electron chi connectivity index (χ2n) is 23.2. The Hall–Kier alpha value is -7.68. The summed E-state index contributed by atoms with van der Waals surface area (Å²) in [7, 11) is 0. The van der Waals surface area contributed by atoms with E-state index in [0.29, 0.717) is 0 Å². The quantitative estimate of drug-likeness (QED) is 0.121. The van der Waals surface area contributed by atoms with Gasteiger partial charge in [-0.05, 0) is 173 Å². The molecule has 0 radical (unpaired) electrons. The van der Waals surface area contributed by atoms with Crippen LogP contribution in [0.25, 0.3) is 65.3 Å². The Balaban J connectivity index is 0.967. The number of benzene rings is 11. The van der Waals surface area contributed by atoms with Crippen LogP contribution < -0.4 is 9.80 Å². The zero-order chi connectivity index (χ0) is 50.2. The van der Waals surface area contributed by atoms with Gasteiger partial charge in [-0.1, -0.05) is 189 Å². The van der Waals surface area contributed by atoms with Gasteiger partial charge in [-0.15, -0.1) is 0 Å². The fourth-order valence-corrected chi connectivity index (χ4v) is 15.9. The van der Waals surface area contributed by atoms with E-state index in [0.717, 1.165) is 25.7 Å². The molecule has 0 bridgehead atoms. The van der Waals surface area contributed by atoms with Crippen molar-refractivity contribution in [2.45, 2.75) is 103 Å². The van der Waals surface area contributed by atoms with Gasteiger partial charge in [0.1, 0.15) is 0 Å². The van der Waals surface area contributed by atoms with Crippen LogP contribution in [0.3, 0.4) is 0 Å². The molecule has 0 N–H and O–H groups in total. The molecular formula is C72H62N2. The minimum absolute atomic E-state index is 0.0367. The molecule has 2 heteroatoms. The molecule has 2 heterocycles. The average Bonchev–Trinajstić information content (AvgIpc) is 3.88. The minimum atomic E-state index is -0.208. The molecule has 2 nitrogen and oxygen atoms in total. The molecule has 2 aliphatic carbocycles. The topological polar surface area (TPSA) is 6.48 Å². The largest absolute Gasteiger partial charge is 0.309 e. The van der Waals surface area contributed by atoms with Gasteiger partial charge in [0, 0.05) is 32.4 Å². The first kappa shape index (κ1) is 43.9. The number of para-hydroxylation sites is 2. The molecule has 4 aliphatic rings. The number of hydrogen-bond acceptors (Lipinski definition) is 2. The molecule has 0 saturated carbocycles. The molecule has 360 valence electrons. The summed E-state index contributed by atoms with van der Waals surface area (Å²) in [4.78, 5) is 5.26. The molecule has 0 amide bonds. The molecule has 15 rings (SSSR count). The van der Waals surface area contributed by atoms with E-state index in [1.807, 2.05) is 0 Å². The first-order valence-electron chi connectivity index (χ1n) is 27.5. The second-order valence-corrected chi connectivity index (χ2v) is 23.2. The average molecular weight is 955 g/mol. The van der Waals surface area contributed by atoms with Gasteiger partial charge < -0.3 is 9.80 Å². The molecule has 2 aliphatic heterocycles. The Labute approximate surface area is 436 Å². The van der Waals surface area contributed by atoms with E-state index in [4.69, 9.17) is 0 Å². The van der Waals surface area contributed by atoms with E-state index in [2.05, 4.69) is 247 Å². The molecule has 74 heavy (non-hydrogen) atoms. The van der Waals surface area contributed by atoms with Crippen molar-refractivity contribution in [3.05, 3.63) is 226 Å². The zero-order valence-corrected chi connectivity index (χ0v) is 44.0. The van der Waals surface area contributed by atoms with Crippen LogP contribution in [0.15, 0.2) is 182 Å². The van der Waals surface area contributed by atoms with Crippen LogP contribution in [0, 0.1) is 0 Å². The van der Waals surface area contributed by atoms with Gasteiger partial charge in [-0.3, -0.25) is 0 Å². The van der Waals surface area contributed by atoms with Crippen molar-refractivity contribution in [1.29, 1.82) is 0 Å². The molecule has 0 atom stereocenters. The van der Waals surface area contributed by atoms with Gasteiger partial charge >= 0.3 is 0 Å². The fraction of sp³-hybridized carbons (Fsp3) is 0.222. The molecule has 0 spiro atoms. The van der Waals surface area contributed by atoms with Gasteiger partial charge in [0.05, 0.1) is 34.1 Å². The molecule has 0 saturated heterocycles. The first-order valence-corrected chi connectivity index (χ1v) is 27.5. The SMILES string of the molecule is CCC1(CC)c2ccccc2-c2cc3c(cc21)N(c1ccc2c4cccc5c(N6c7ccccc7C(C)(C)c7cc8c(cc76)C(CC)(CC)c6ccccc6-8)ccc(c6cccc1c62)c54)c1ccccc1C3(C)C. The number of nitrogens with zero attached hydrogens (tertiary/aromatic N) is 2. The zero-order valence-electron chi connectivity index (χ0n) is 44.0. The van der Waals surface area contributed by atoms with Crippen molar-refractivity contribution in [2.24, 2.45) is 0 Å². The molecule has 11 aromatic rings. The van der Waals surface area contributed by atoms with Crippen LogP contribution in [0.4, 0.5) is 34.1 Å². The summed E-state index contributed by atoms with van der Waals surface area (Å²) in [5, 5.41) is 10.4. The van der Waals surface area contributed by atoms with E-state index in [1.54, 1.807) is 0 Å². The highest BCUT2D eigenvalue weighted by Crippen LogP contribution is 2.62. The van der Waals surface area contributed by atoms with E-state index >= 15 is 0 Å². The maximum atomic E-state index is 2.63. The molecule has 11 aromatic carbocycles. The predicted octanol–water partition coefficient (Wildman–Crippen LogP) is 20.1. The summed E-state index contributed by atoms with van der Waals surface area (Å²) in [6.07, 6.45) is 4.24. The van der Waals surface area contributed by atoms with Crippen molar-refractivity contribution in [3.8, 4) is 22.3 Å². The number of anilines is 6. The Morgan fingerprint density at radius 2 is 0.622 bits per heavy atom. The van der Waals surface area contributed by atoms with Crippen LogP contribution in [-0.4, -0.2) is 0 Å². The minimum Gasteiger partial charge on any atom is -0.309 e. The van der Waals surface area contributed by atoms with Crippen molar-refractivity contribution in [1.82, 2.24) is 0 Å². The Bertz CT molecular complexity index is 3920. The third-order valence-electron chi connectivity index (χ3n) is 19.7. The van der Waals surface area contributed by atoms with Gasteiger partial charge in [-0.2, -0.15) is 0 Å². The molecular weight excluding hydrogens is 893 g/mol. The second kappa shape index (κ2) is 15.0. The van der Waals surface area contributed by atoms with Gasteiger partial charge in [-0.25, -0.2) is 0 Å². The van der Waals surface area contributed by atoms with Crippen molar-refractivity contribution in [3.63, 3.8) is 0 Å². The Morgan fingerprint density at radius 1 is 0.270 bits per heavy atom. The molecule has 0 aromatic heterocycles. The summed E-state index contributed by atoms with van der Waals surface area (Å²) >= 11 is 0. The summed E-state index contributed by atoms with van der Waals surface area (Å²) in [5.74, 6) is 0. The predicted molar refractivity (Wildman–Crippen MR) is 315 cm³/mol. The lowest BCUT2D eigenvalue weighted by atomic mass is 9.70. The lowest BCUT2D eigenvalue weighted by molar-refractivity contribution is 0.490. The monoisotopic (exact) mass is 954 g/mol. The maximum Gasteiger partial charge on any atom is 0.0540 e. The number of rotatable bonds is 6. The molecule has 0 fully saturated rings. The summed E-state index contributed by atoms with van der Waals surface area (Å²) in [6, 6.07) is 71.1. The third kappa shape index (κ3) is 5.22. The van der Waals surface area contributed by atoms with Gasteiger partial charge in [0.15, 0.2) is 0 Å². The van der Waals surface area contributed by atoms with Crippen LogP contribution in [-0.2, 0) is 21.7 Å². The smallest absolute Gasteiger partial charge is 0.0540 e. The van der Waals surface area contributed by atoms with Crippen LogP contribution in [0.5, 0.6) is 0 Å². The van der Waals surface area contributed by atoms with Gasteiger partial charge in [0.2, 0.25) is 0 Å². The highest BCUT2D eigenvalue weighted by Gasteiger charge is 2.47. The Morgan fingerprint density at radius 3 is 1.03 bits per heavy atom. The fourth-order valence-electron chi connectivity index (χ4n) is 15.9. The van der Waals surface area contributed by atoms with Gasteiger partial charge in [0.25, 0.3) is 0 Å². The number of hydrogen-bond donors (Lipinski definition) is 0. The number of fused-ring (bicyclic) bond motifs is 12. The van der Waals surface area contributed by atoms with E-state index in [9.17, 15) is 0 Å². The highest BCUT2D eigenvalue weighted by atomic mass is 15.2. The Kier molecular flexibility index (Phi) is 8.88. The first-order chi connectivity index (χ1) is 36.0. The lowest BCUT2D eigenvalue weighted by Gasteiger charge is -2.43. The normalized spacial score (nSPS) is 16.7. The van der Waals surface area contributed by atoms with Crippen LogP contribution in [0.1, 0.15) is 126 Å². The van der Waals surface area contributed by atoms with Crippen LogP contribution in [0.2, 0.25) is 0 Å². The van der Waals surface area contributed by atoms with Crippen LogP contribution >= 0.6 is 0 Å². The van der Waals surface area contributed by atoms with Crippen molar-refractivity contribution in [2.75, 3.05) is 9.80 Å². The maximum absolute atomic E-state index is 2.63. The summed E-state index contributed by atoms with van der Waals surface area (Å²) < 4.78 is 0. The summed E-state index contributed by atoms with van der Waals surface area (Å²) in [5.41, 5.74) is 24.0. The van der Waals surface area contributed by atoms with E-state index in [-0.39, 0.29) is 21.7 Å². The van der Waals surface area contributed by atoms with E-state index in [1.165, 1.54) is 144 Å². The third-order valence-corrected chi connectivity index (χ3v) is 19.7.